The Bertz CT molecular complexity index is 1420. The Kier molecular flexibility index (Phi) is 7.10. The van der Waals surface area contributed by atoms with Gasteiger partial charge >= 0.3 is 0 Å². The maximum atomic E-state index is 13.1. The van der Waals surface area contributed by atoms with Gasteiger partial charge in [-0.3, -0.25) is 14.4 Å². The van der Waals surface area contributed by atoms with Crippen LogP contribution in [0.2, 0.25) is 0 Å². The fourth-order valence-electron chi connectivity index (χ4n) is 4.02. The quantitative estimate of drug-likeness (QED) is 0.365. The number of aromatic nitrogens is 3. The van der Waals surface area contributed by atoms with Gasteiger partial charge in [-0.15, -0.1) is 0 Å². The lowest BCUT2D eigenvalue weighted by molar-refractivity contribution is 0.0936. The van der Waals surface area contributed by atoms with Crippen LogP contribution in [0.15, 0.2) is 65.7 Å². The first-order valence-electron chi connectivity index (χ1n) is 11.6. The minimum atomic E-state index is -0.603. The highest BCUT2D eigenvalue weighted by Crippen LogP contribution is 2.17. The fraction of sp³-hybridized carbons (Fsp3) is 0.259. The van der Waals surface area contributed by atoms with E-state index in [9.17, 15) is 14.4 Å². The lowest BCUT2D eigenvalue weighted by Gasteiger charge is -2.14. The molecule has 35 heavy (non-hydrogen) atoms. The predicted octanol–water partition coefficient (Wildman–Crippen LogP) is 3.52. The number of fused-ring (bicyclic) bond motifs is 1. The molecule has 2 aromatic heterocycles. The first-order chi connectivity index (χ1) is 16.9. The van der Waals surface area contributed by atoms with Crippen molar-refractivity contribution in [3.63, 3.8) is 0 Å². The third kappa shape index (κ3) is 5.48. The summed E-state index contributed by atoms with van der Waals surface area (Å²) in [4.78, 5) is 46.3. The molecule has 0 unspecified atom stereocenters. The van der Waals surface area contributed by atoms with Crippen molar-refractivity contribution in [1.82, 2.24) is 25.2 Å². The largest absolute Gasteiger partial charge is 0.355 e. The molecule has 0 fully saturated rings. The zero-order valence-corrected chi connectivity index (χ0v) is 20.1. The van der Waals surface area contributed by atoms with Crippen LogP contribution in [0, 0.1) is 6.92 Å². The van der Waals surface area contributed by atoms with Gasteiger partial charge in [0.15, 0.2) is 0 Å². The van der Waals surface area contributed by atoms with Crippen LogP contribution in [-0.4, -0.2) is 33.4 Å². The van der Waals surface area contributed by atoms with E-state index in [1.54, 1.807) is 11.5 Å². The van der Waals surface area contributed by atoms with Crippen LogP contribution in [0.3, 0.4) is 0 Å². The number of benzene rings is 2. The summed E-state index contributed by atoms with van der Waals surface area (Å²) < 4.78 is 1.73. The molecule has 0 aliphatic rings. The minimum absolute atomic E-state index is 0.0632. The third-order valence-corrected chi connectivity index (χ3v) is 5.93. The number of pyridine rings is 1. The number of nitrogens with zero attached hydrogens (tertiary/aromatic N) is 2. The Morgan fingerprint density at radius 3 is 2.49 bits per heavy atom. The molecule has 0 bridgehead atoms. The molecule has 2 heterocycles. The van der Waals surface area contributed by atoms with Crippen LogP contribution in [0.5, 0.6) is 0 Å². The Morgan fingerprint density at radius 1 is 1.06 bits per heavy atom. The molecule has 0 saturated heterocycles. The van der Waals surface area contributed by atoms with Crippen molar-refractivity contribution >= 4 is 22.8 Å². The molecule has 0 radical (unpaired) electrons. The van der Waals surface area contributed by atoms with Gasteiger partial charge in [0, 0.05) is 26.0 Å². The molecule has 180 valence electrons. The van der Waals surface area contributed by atoms with Crippen LogP contribution in [-0.2, 0) is 13.0 Å². The highest BCUT2D eigenvalue weighted by Gasteiger charge is 2.21. The molecule has 0 saturated carbocycles. The summed E-state index contributed by atoms with van der Waals surface area (Å²) in [5, 5.41) is 5.33. The van der Waals surface area contributed by atoms with E-state index in [-0.39, 0.29) is 11.1 Å². The predicted molar refractivity (Wildman–Crippen MR) is 136 cm³/mol. The number of nitrogens with one attached hydrogen (secondary N) is 3. The van der Waals surface area contributed by atoms with Gasteiger partial charge in [0.25, 0.3) is 11.8 Å². The summed E-state index contributed by atoms with van der Waals surface area (Å²) in [6, 6.07) is 15.5. The molecule has 4 rings (SSSR count). The number of rotatable bonds is 8. The molecule has 0 aliphatic heterocycles. The highest BCUT2D eigenvalue weighted by atomic mass is 16.2. The molecular weight excluding hydrogens is 442 g/mol. The lowest BCUT2D eigenvalue weighted by atomic mass is 10.1. The number of H-pyrrole nitrogens is 1. The van der Waals surface area contributed by atoms with Crippen LogP contribution in [0.4, 0.5) is 0 Å². The zero-order valence-electron chi connectivity index (χ0n) is 20.1. The Hall–Kier alpha value is -4.20. The summed E-state index contributed by atoms with van der Waals surface area (Å²) in [5.41, 5.74) is 3.23. The second-order valence-electron chi connectivity index (χ2n) is 8.66. The fourth-order valence-corrected chi connectivity index (χ4v) is 4.02. The number of hydrogen-bond donors (Lipinski definition) is 3. The second kappa shape index (κ2) is 10.4. The minimum Gasteiger partial charge on any atom is -0.355 e. The summed E-state index contributed by atoms with van der Waals surface area (Å²) in [5.74, 6) is -0.492. The second-order valence-corrected chi connectivity index (χ2v) is 8.66. The monoisotopic (exact) mass is 471 g/mol. The van der Waals surface area contributed by atoms with E-state index in [4.69, 9.17) is 0 Å². The summed E-state index contributed by atoms with van der Waals surface area (Å²) in [6.45, 7) is 4.34. The van der Waals surface area contributed by atoms with Crippen molar-refractivity contribution < 1.29 is 9.59 Å². The van der Waals surface area contributed by atoms with Crippen molar-refractivity contribution in [2.45, 2.75) is 39.3 Å². The van der Waals surface area contributed by atoms with E-state index in [2.05, 4.69) is 32.7 Å². The Balaban J connectivity index is 1.56. The first-order valence-corrected chi connectivity index (χ1v) is 11.6. The molecule has 8 heteroatoms. The first kappa shape index (κ1) is 23.9. The number of carbonyl (C=O) groups is 2. The van der Waals surface area contributed by atoms with Crippen LogP contribution in [0.1, 0.15) is 57.1 Å². The molecule has 1 atom stereocenters. The van der Waals surface area contributed by atoms with Gasteiger partial charge in [-0.2, -0.15) is 0 Å². The van der Waals surface area contributed by atoms with Crippen molar-refractivity contribution in [3.05, 3.63) is 99.2 Å². The molecule has 4 aromatic rings. The topological polar surface area (TPSA) is 109 Å². The van der Waals surface area contributed by atoms with Gasteiger partial charge in [-0.05, 0) is 49.9 Å². The van der Waals surface area contributed by atoms with Gasteiger partial charge in [0.1, 0.15) is 17.0 Å². The smallest absolute Gasteiger partial charge is 0.257 e. The van der Waals surface area contributed by atoms with Gasteiger partial charge < -0.3 is 20.2 Å². The van der Waals surface area contributed by atoms with Gasteiger partial charge in [0.2, 0.25) is 5.43 Å². The number of amides is 2. The van der Waals surface area contributed by atoms with Crippen molar-refractivity contribution in [1.29, 1.82) is 0 Å². The van der Waals surface area contributed by atoms with Gasteiger partial charge in [-0.1, -0.05) is 36.4 Å². The van der Waals surface area contributed by atoms with Gasteiger partial charge in [-0.25, -0.2) is 4.98 Å². The average Bonchev–Trinajstić information content (AvgIpc) is 3.28. The van der Waals surface area contributed by atoms with Crippen LogP contribution >= 0.6 is 0 Å². The van der Waals surface area contributed by atoms with Crippen molar-refractivity contribution in [2.75, 3.05) is 7.05 Å². The lowest BCUT2D eigenvalue weighted by Crippen LogP contribution is -2.35. The number of carbonyl (C=O) groups excluding carboxylic acids is 2. The highest BCUT2D eigenvalue weighted by molar-refractivity contribution is 5.99. The molecule has 2 amide bonds. The van der Waals surface area contributed by atoms with Crippen molar-refractivity contribution in [3.8, 4) is 0 Å². The molecule has 0 aliphatic carbocycles. The van der Waals surface area contributed by atoms with E-state index >= 15 is 0 Å². The van der Waals surface area contributed by atoms with E-state index in [1.807, 2.05) is 43.3 Å². The van der Waals surface area contributed by atoms with E-state index in [0.29, 0.717) is 12.4 Å². The molecule has 2 aromatic carbocycles. The Morgan fingerprint density at radius 2 is 1.77 bits per heavy atom. The van der Waals surface area contributed by atoms with Crippen molar-refractivity contribution in [2.24, 2.45) is 0 Å². The van der Waals surface area contributed by atoms with E-state index in [1.165, 1.54) is 25.0 Å². The molecule has 8 nitrogen and oxygen atoms in total. The zero-order chi connectivity index (χ0) is 24.9. The van der Waals surface area contributed by atoms with Gasteiger partial charge in [0.05, 0.1) is 17.1 Å². The maximum Gasteiger partial charge on any atom is 0.257 e. The standard InChI is InChI=1S/C27H29N5O3/c1-17-11-12-22-23(14-17)31-25(30-22)18(2)29-27(35)21-16-32(15-20(24(21)33)26(34)28-3)13-7-10-19-8-5-4-6-9-19/h4-6,8-9,11-12,14-16,18H,7,10,13H2,1-3H3,(H,28,34)(H,29,35)(H,30,31)/t18-/m0/s1. The van der Waals surface area contributed by atoms with E-state index in [0.717, 1.165) is 29.4 Å². The van der Waals surface area contributed by atoms with E-state index < -0.39 is 23.3 Å². The maximum absolute atomic E-state index is 13.1. The molecule has 3 N–H and O–H groups in total. The summed E-state index contributed by atoms with van der Waals surface area (Å²) >= 11 is 0. The number of aromatic amines is 1. The van der Waals surface area contributed by atoms with Crippen LogP contribution in [0.25, 0.3) is 11.0 Å². The molecular formula is C27H29N5O3. The third-order valence-electron chi connectivity index (χ3n) is 5.93. The summed E-state index contributed by atoms with van der Waals surface area (Å²) in [7, 11) is 1.46. The normalized spacial score (nSPS) is 11.9. The summed E-state index contributed by atoms with van der Waals surface area (Å²) in [6.07, 6.45) is 4.65. The average molecular weight is 472 g/mol. The van der Waals surface area contributed by atoms with Crippen LogP contribution < -0.4 is 16.1 Å². The molecule has 0 spiro atoms. The number of hydrogen-bond acceptors (Lipinski definition) is 4. The number of aryl methyl sites for hydroxylation is 3. The number of imidazole rings is 1. The Labute approximate surface area is 203 Å². The SMILES string of the molecule is CNC(=O)c1cn(CCCc2ccccc2)cc(C(=O)N[C@@H](C)c2nc3ccc(C)cc3[nH]2)c1=O.